The molecule has 84 valence electrons. The highest BCUT2D eigenvalue weighted by molar-refractivity contribution is 5.75. The van der Waals surface area contributed by atoms with Gasteiger partial charge in [0.05, 0.1) is 6.20 Å². The third-order valence-electron chi connectivity index (χ3n) is 2.46. The summed E-state index contributed by atoms with van der Waals surface area (Å²) in [4.78, 5) is 0. The molecule has 0 fully saturated rings. The predicted octanol–water partition coefficient (Wildman–Crippen LogP) is 2.79. The fourth-order valence-corrected chi connectivity index (χ4v) is 1.74. The summed E-state index contributed by atoms with van der Waals surface area (Å²) >= 11 is 0. The lowest BCUT2D eigenvalue weighted by atomic mass is 10.1. The van der Waals surface area contributed by atoms with E-state index in [-0.39, 0.29) is 0 Å². The lowest BCUT2D eigenvalue weighted by Gasteiger charge is -2.04. The molecular weight excluding hydrogens is 198 g/mol. The number of hydrogen-bond donors (Lipinski definition) is 1. The van der Waals surface area contributed by atoms with E-state index >= 15 is 0 Å². The maximum Gasteiger partial charge on any atom is 0.0569 e. The SMILES string of the molecule is CC(C)Cn1cc(-c2ccccc2N)cn1. The summed E-state index contributed by atoms with van der Waals surface area (Å²) in [5.74, 6) is 0.598. The first-order chi connectivity index (χ1) is 7.66. The Morgan fingerprint density at radius 1 is 1.31 bits per heavy atom. The molecule has 0 aliphatic carbocycles. The van der Waals surface area contributed by atoms with Crippen LogP contribution in [0.15, 0.2) is 36.7 Å². The number of para-hydroxylation sites is 1. The smallest absolute Gasteiger partial charge is 0.0569 e. The molecule has 2 N–H and O–H groups in total. The van der Waals surface area contributed by atoms with Crippen molar-refractivity contribution in [2.45, 2.75) is 20.4 Å². The molecule has 16 heavy (non-hydrogen) atoms. The van der Waals surface area contributed by atoms with Gasteiger partial charge in [0, 0.05) is 29.6 Å². The van der Waals surface area contributed by atoms with Crippen LogP contribution in [-0.4, -0.2) is 9.78 Å². The van der Waals surface area contributed by atoms with Crippen LogP contribution in [-0.2, 0) is 6.54 Å². The summed E-state index contributed by atoms with van der Waals surface area (Å²) in [5, 5.41) is 4.33. The molecule has 0 aliphatic rings. The Hall–Kier alpha value is -1.77. The van der Waals surface area contributed by atoms with E-state index in [1.165, 1.54) is 0 Å². The van der Waals surface area contributed by atoms with Gasteiger partial charge < -0.3 is 5.73 Å². The first-order valence-electron chi connectivity index (χ1n) is 5.54. The first kappa shape index (κ1) is 10.7. The van der Waals surface area contributed by atoms with Gasteiger partial charge in [-0.2, -0.15) is 5.10 Å². The molecule has 2 rings (SSSR count). The van der Waals surface area contributed by atoms with Gasteiger partial charge in [-0.15, -0.1) is 0 Å². The summed E-state index contributed by atoms with van der Waals surface area (Å²) in [6, 6.07) is 7.87. The standard InChI is InChI=1S/C13H17N3/c1-10(2)8-16-9-11(7-15-16)12-5-3-4-6-13(12)14/h3-7,9-10H,8,14H2,1-2H3. The van der Waals surface area contributed by atoms with Crippen molar-refractivity contribution in [2.24, 2.45) is 5.92 Å². The predicted molar refractivity (Wildman–Crippen MR) is 66.9 cm³/mol. The number of nitrogens with two attached hydrogens (primary N) is 1. The van der Waals surface area contributed by atoms with Gasteiger partial charge in [0.2, 0.25) is 0 Å². The van der Waals surface area contributed by atoms with Crippen molar-refractivity contribution >= 4 is 5.69 Å². The molecule has 0 spiro atoms. The molecule has 0 radical (unpaired) electrons. The van der Waals surface area contributed by atoms with E-state index in [1.54, 1.807) is 0 Å². The summed E-state index contributed by atoms with van der Waals surface area (Å²) in [6.07, 6.45) is 3.92. The highest BCUT2D eigenvalue weighted by atomic mass is 15.3. The minimum atomic E-state index is 0.598. The molecule has 0 unspecified atom stereocenters. The zero-order chi connectivity index (χ0) is 11.5. The van der Waals surface area contributed by atoms with Crippen molar-refractivity contribution in [2.75, 3.05) is 5.73 Å². The Morgan fingerprint density at radius 2 is 2.06 bits per heavy atom. The van der Waals surface area contributed by atoms with E-state index in [0.29, 0.717) is 5.92 Å². The third kappa shape index (κ3) is 2.24. The van der Waals surface area contributed by atoms with E-state index in [2.05, 4.69) is 18.9 Å². The van der Waals surface area contributed by atoms with Gasteiger partial charge in [-0.25, -0.2) is 0 Å². The maximum absolute atomic E-state index is 5.93. The Labute approximate surface area is 95.9 Å². The van der Waals surface area contributed by atoms with Gasteiger partial charge >= 0.3 is 0 Å². The third-order valence-corrected chi connectivity index (χ3v) is 2.46. The van der Waals surface area contributed by atoms with Crippen LogP contribution in [0.1, 0.15) is 13.8 Å². The normalized spacial score (nSPS) is 10.9. The zero-order valence-corrected chi connectivity index (χ0v) is 9.72. The van der Waals surface area contributed by atoms with Crippen molar-refractivity contribution in [3.8, 4) is 11.1 Å². The molecule has 1 heterocycles. The van der Waals surface area contributed by atoms with Gasteiger partial charge in [0.15, 0.2) is 0 Å². The van der Waals surface area contributed by atoms with Crippen molar-refractivity contribution in [1.82, 2.24) is 9.78 Å². The van der Waals surface area contributed by atoms with Crippen LogP contribution < -0.4 is 5.73 Å². The van der Waals surface area contributed by atoms with E-state index in [1.807, 2.05) is 41.3 Å². The van der Waals surface area contributed by atoms with Crippen LogP contribution in [0.3, 0.4) is 0 Å². The zero-order valence-electron chi connectivity index (χ0n) is 9.72. The molecule has 3 nitrogen and oxygen atoms in total. The van der Waals surface area contributed by atoms with Crippen molar-refractivity contribution in [3.05, 3.63) is 36.7 Å². The topological polar surface area (TPSA) is 43.8 Å². The highest BCUT2D eigenvalue weighted by Gasteiger charge is 2.05. The second kappa shape index (κ2) is 4.39. The Bertz CT molecular complexity index is 472. The van der Waals surface area contributed by atoms with Crippen LogP contribution in [0.2, 0.25) is 0 Å². The Balaban J connectivity index is 2.28. The lowest BCUT2D eigenvalue weighted by molar-refractivity contribution is 0.483. The molecule has 0 bridgehead atoms. The first-order valence-corrected chi connectivity index (χ1v) is 5.54. The fraction of sp³-hybridized carbons (Fsp3) is 0.308. The molecule has 0 amide bonds. The van der Waals surface area contributed by atoms with Crippen molar-refractivity contribution in [1.29, 1.82) is 0 Å². The number of rotatable bonds is 3. The van der Waals surface area contributed by atoms with Crippen LogP contribution >= 0.6 is 0 Å². The quantitative estimate of drug-likeness (QED) is 0.800. The number of anilines is 1. The molecule has 3 heteroatoms. The van der Waals surface area contributed by atoms with Gasteiger partial charge in [-0.05, 0) is 12.0 Å². The van der Waals surface area contributed by atoms with Gasteiger partial charge in [0.25, 0.3) is 0 Å². The minimum absolute atomic E-state index is 0.598. The average molecular weight is 215 g/mol. The molecular formula is C13H17N3. The van der Waals surface area contributed by atoms with Gasteiger partial charge in [-0.3, -0.25) is 4.68 Å². The van der Waals surface area contributed by atoms with Crippen molar-refractivity contribution in [3.63, 3.8) is 0 Å². The van der Waals surface area contributed by atoms with Gasteiger partial charge in [-0.1, -0.05) is 32.0 Å². The molecule has 1 aromatic heterocycles. The van der Waals surface area contributed by atoms with E-state index in [4.69, 9.17) is 5.73 Å². The van der Waals surface area contributed by atoms with E-state index < -0.39 is 0 Å². The molecule has 2 aromatic rings. The second-order valence-corrected chi connectivity index (χ2v) is 4.43. The largest absolute Gasteiger partial charge is 0.398 e. The molecule has 1 aromatic carbocycles. The van der Waals surface area contributed by atoms with E-state index in [9.17, 15) is 0 Å². The number of hydrogen-bond acceptors (Lipinski definition) is 2. The van der Waals surface area contributed by atoms with Crippen LogP contribution in [0.25, 0.3) is 11.1 Å². The second-order valence-electron chi connectivity index (χ2n) is 4.43. The van der Waals surface area contributed by atoms with E-state index in [0.717, 1.165) is 23.4 Å². The average Bonchev–Trinajstić information content (AvgIpc) is 2.66. The fourth-order valence-electron chi connectivity index (χ4n) is 1.74. The van der Waals surface area contributed by atoms with Crippen LogP contribution in [0, 0.1) is 5.92 Å². The summed E-state index contributed by atoms with van der Waals surface area (Å²) in [5.41, 5.74) is 8.86. The molecule has 0 saturated heterocycles. The highest BCUT2D eigenvalue weighted by Crippen LogP contribution is 2.24. The summed E-state index contributed by atoms with van der Waals surface area (Å²) in [7, 11) is 0. The number of aromatic nitrogens is 2. The number of nitrogens with zero attached hydrogens (tertiary/aromatic N) is 2. The maximum atomic E-state index is 5.93. The van der Waals surface area contributed by atoms with Crippen LogP contribution in [0.5, 0.6) is 0 Å². The summed E-state index contributed by atoms with van der Waals surface area (Å²) in [6.45, 7) is 5.29. The Morgan fingerprint density at radius 3 is 2.75 bits per heavy atom. The Kier molecular flexibility index (Phi) is 2.95. The number of benzene rings is 1. The number of nitrogen functional groups attached to an aromatic ring is 1. The van der Waals surface area contributed by atoms with Gasteiger partial charge in [0.1, 0.15) is 0 Å². The van der Waals surface area contributed by atoms with Crippen LogP contribution in [0.4, 0.5) is 5.69 Å². The monoisotopic (exact) mass is 215 g/mol. The minimum Gasteiger partial charge on any atom is -0.398 e. The molecule has 0 saturated carbocycles. The lowest BCUT2D eigenvalue weighted by Crippen LogP contribution is -2.04. The summed E-state index contributed by atoms with van der Waals surface area (Å²) < 4.78 is 1.96. The molecule has 0 atom stereocenters. The molecule has 0 aliphatic heterocycles. The van der Waals surface area contributed by atoms with Crippen molar-refractivity contribution < 1.29 is 0 Å².